The SMILES string of the molecule is OC(CCCS)C1(Sc2ccccc2)CCCCC1. The molecule has 0 saturated heterocycles. The van der Waals surface area contributed by atoms with Crippen molar-refractivity contribution >= 4 is 24.4 Å². The molecule has 2 rings (SSSR count). The molecule has 0 bridgehead atoms. The van der Waals surface area contributed by atoms with E-state index in [1.165, 1.54) is 24.2 Å². The highest BCUT2D eigenvalue weighted by molar-refractivity contribution is 8.00. The van der Waals surface area contributed by atoms with Crippen molar-refractivity contribution in [3.63, 3.8) is 0 Å². The van der Waals surface area contributed by atoms with Gasteiger partial charge < -0.3 is 5.11 Å². The lowest BCUT2D eigenvalue weighted by Crippen LogP contribution is -2.41. The molecule has 0 amide bonds. The predicted octanol–water partition coefficient (Wildman–Crippen LogP) is 4.55. The maximum Gasteiger partial charge on any atom is 0.0690 e. The van der Waals surface area contributed by atoms with Gasteiger partial charge in [0.15, 0.2) is 0 Å². The van der Waals surface area contributed by atoms with Gasteiger partial charge in [-0.15, -0.1) is 11.8 Å². The minimum Gasteiger partial charge on any atom is -0.392 e. The molecular formula is C16H24OS2. The zero-order valence-corrected chi connectivity index (χ0v) is 13.1. The number of thiol groups is 1. The minimum atomic E-state index is -0.204. The molecule has 0 heterocycles. The van der Waals surface area contributed by atoms with Crippen LogP contribution in [0.5, 0.6) is 0 Å². The number of hydrogen-bond acceptors (Lipinski definition) is 3. The van der Waals surface area contributed by atoms with Crippen LogP contribution in [-0.2, 0) is 0 Å². The van der Waals surface area contributed by atoms with Crippen molar-refractivity contribution in [2.75, 3.05) is 5.75 Å². The number of hydrogen-bond donors (Lipinski definition) is 2. The number of benzene rings is 1. The molecular weight excluding hydrogens is 272 g/mol. The van der Waals surface area contributed by atoms with Gasteiger partial charge in [-0.05, 0) is 43.6 Å². The highest BCUT2D eigenvalue weighted by Crippen LogP contribution is 2.47. The van der Waals surface area contributed by atoms with Crippen molar-refractivity contribution in [1.82, 2.24) is 0 Å². The van der Waals surface area contributed by atoms with Gasteiger partial charge in [0.1, 0.15) is 0 Å². The average molecular weight is 297 g/mol. The van der Waals surface area contributed by atoms with Gasteiger partial charge in [-0.25, -0.2) is 0 Å². The fourth-order valence-corrected chi connectivity index (χ4v) is 4.62. The van der Waals surface area contributed by atoms with E-state index >= 15 is 0 Å². The Hall–Kier alpha value is -0.120. The summed E-state index contributed by atoms with van der Waals surface area (Å²) in [4.78, 5) is 1.29. The summed E-state index contributed by atoms with van der Waals surface area (Å²) in [6, 6.07) is 10.5. The smallest absolute Gasteiger partial charge is 0.0690 e. The van der Waals surface area contributed by atoms with Crippen LogP contribution in [0.25, 0.3) is 0 Å². The second kappa shape index (κ2) is 7.61. The Morgan fingerprint density at radius 2 is 1.84 bits per heavy atom. The first-order valence-corrected chi connectivity index (χ1v) is 8.75. The molecule has 1 nitrogen and oxygen atoms in total. The molecule has 1 unspecified atom stereocenters. The Kier molecular flexibility index (Phi) is 6.11. The summed E-state index contributed by atoms with van der Waals surface area (Å²) in [6.45, 7) is 0. The van der Waals surface area contributed by atoms with E-state index in [0.717, 1.165) is 31.4 Å². The summed E-state index contributed by atoms with van der Waals surface area (Å²) in [6.07, 6.45) is 7.77. The molecule has 0 spiro atoms. The summed E-state index contributed by atoms with van der Waals surface area (Å²) in [5, 5.41) is 10.7. The van der Waals surface area contributed by atoms with E-state index in [1.807, 2.05) is 11.8 Å². The third-order valence-electron chi connectivity index (χ3n) is 4.01. The van der Waals surface area contributed by atoms with E-state index in [1.54, 1.807) is 0 Å². The van der Waals surface area contributed by atoms with E-state index in [4.69, 9.17) is 0 Å². The van der Waals surface area contributed by atoms with Gasteiger partial charge in [0.05, 0.1) is 6.10 Å². The molecule has 1 aliphatic rings. The highest BCUT2D eigenvalue weighted by Gasteiger charge is 2.39. The molecule has 0 radical (unpaired) electrons. The average Bonchev–Trinajstić information content (AvgIpc) is 2.46. The second-order valence-corrected chi connectivity index (χ2v) is 7.36. The van der Waals surface area contributed by atoms with Crippen LogP contribution in [-0.4, -0.2) is 21.7 Å². The molecule has 1 atom stereocenters. The molecule has 1 fully saturated rings. The van der Waals surface area contributed by atoms with Gasteiger partial charge in [-0.2, -0.15) is 12.6 Å². The maximum absolute atomic E-state index is 10.7. The van der Waals surface area contributed by atoms with E-state index in [2.05, 4.69) is 43.0 Å². The first kappa shape index (κ1) is 15.3. The molecule has 0 aromatic heterocycles. The Balaban J connectivity index is 2.09. The Morgan fingerprint density at radius 1 is 1.16 bits per heavy atom. The Labute approximate surface area is 126 Å². The van der Waals surface area contributed by atoms with Gasteiger partial charge in [-0.3, -0.25) is 0 Å². The second-order valence-electron chi connectivity index (χ2n) is 5.42. The largest absolute Gasteiger partial charge is 0.392 e. The van der Waals surface area contributed by atoms with Crippen LogP contribution in [0.3, 0.4) is 0 Å². The van der Waals surface area contributed by atoms with Crippen LogP contribution in [0.2, 0.25) is 0 Å². The van der Waals surface area contributed by atoms with Gasteiger partial charge in [-0.1, -0.05) is 37.5 Å². The van der Waals surface area contributed by atoms with Crippen LogP contribution in [0.15, 0.2) is 35.2 Å². The van der Waals surface area contributed by atoms with Crippen LogP contribution < -0.4 is 0 Å². The first-order valence-electron chi connectivity index (χ1n) is 7.30. The zero-order chi connectivity index (χ0) is 13.6. The van der Waals surface area contributed by atoms with Gasteiger partial charge in [0.2, 0.25) is 0 Å². The predicted molar refractivity (Wildman–Crippen MR) is 87.2 cm³/mol. The van der Waals surface area contributed by atoms with Crippen molar-refractivity contribution in [1.29, 1.82) is 0 Å². The van der Waals surface area contributed by atoms with Crippen molar-refractivity contribution in [3.8, 4) is 0 Å². The van der Waals surface area contributed by atoms with Crippen molar-refractivity contribution in [2.45, 2.75) is 60.7 Å². The molecule has 1 aromatic carbocycles. The van der Waals surface area contributed by atoms with Gasteiger partial charge in [0.25, 0.3) is 0 Å². The summed E-state index contributed by atoms with van der Waals surface area (Å²) in [7, 11) is 0. The Bertz CT molecular complexity index is 360. The van der Waals surface area contributed by atoms with Crippen molar-refractivity contribution in [3.05, 3.63) is 30.3 Å². The highest BCUT2D eigenvalue weighted by atomic mass is 32.2. The fraction of sp³-hybridized carbons (Fsp3) is 0.625. The maximum atomic E-state index is 10.7. The topological polar surface area (TPSA) is 20.2 Å². The molecule has 1 N–H and O–H groups in total. The summed E-state index contributed by atoms with van der Waals surface area (Å²) < 4.78 is 0.0303. The lowest BCUT2D eigenvalue weighted by Gasteiger charge is -2.40. The van der Waals surface area contributed by atoms with Crippen LogP contribution in [0, 0.1) is 0 Å². The number of thioether (sulfide) groups is 1. The molecule has 1 saturated carbocycles. The van der Waals surface area contributed by atoms with E-state index in [9.17, 15) is 5.11 Å². The lowest BCUT2D eigenvalue weighted by atomic mass is 9.83. The van der Waals surface area contributed by atoms with E-state index in [-0.39, 0.29) is 10.9 Å². The standard InChI is InChI=1S/C16H24OS2/c17-15(10-7-13-18)16(11-5-2-6-12-16)19-14-8-3-1-4-9-14/h1,3-4,8-9,15,17-18H,2,5-7,10-13H2. The van der Waals surface area contributed by atoms with Crippen LogP contribution in [0.4, 0.5) is 0 Å². The molecule has 106 valence electrons. The number of rotatable bonds is 6. The van der Waals surface area contributed by atoms with Crippen LogP contribution in [0.1, 0.15) is 44.9 Å². The first-order chi connectivity index (χ1) is 9.27. The summed E-state index contributed by atoms with van der Waals surface area (Å²) in [5.41, 5.74) is 0. The monoisotopic (exact) mass is 296 g/mol. The Morgan fingerprint density at radius 3 is 2.47 bits per heavy atom. The van der Waals surface area contributed by atoms with E-state index in [0.29, 0.717) is 0 Å². The zero-order valence-electron chi connectivity index (χ0n) is 11.4. The molecule has 3 heteroatoms. The molecule has 19 heavy (non-hydrogen) atoms. The van der Waals surface area contributed by atoms with Crippen molar-refractivity contribution in [2.24, 2.45) is 0 Å². The third kappa shape index (κ3) is 4.17. The van der Waals surface area contributed by atoms with E-state index < -0.39 is 0 Å². The molecule has 1 aliphatic carbocycles. The van der Waals surface area contributed by atoms with Gasteiger partial charge in [0, 0.05) is 9.64 Å². The summed E-state index contributed by atoms with van der Waals surface area (Å²) >= 11 is 6.16. The number of aliphatic hydroxyl groups excluding tert-OH is 1. The summed E-state index contributed by atoms with van der Waals surface area (Å²) in [5.74, 6) is 0.864. The normalized spacial score (nSPS) is 20.1. The van der Waals surface area contributed by atoms with Crippen LogP contribution >= 0.6 is 24.4 Å². The molecule has 1 aromatic rings. The fourth-order valence-electron chi connectivity index (χ4n) is 2.92. The minimum absolute atomic E-state index is 0.0303. The van der Waals surface area contributed by atoms with Gasteiger partial charge >= 0.3 is 0 Å². The number of aliphatic hydroxyl groups is 1. The van der Waals surface area contributed by atoms with Crippen molar-refractivity contribution < 1.29 is 5.11 Å². The third-order valence-corrected chi connectivity index (χ3v) is 5.92. The quantitative estimate of drug-likeness (QED) is 0.751. The molecule has 0 aliphatic heterocycles. The lowest BCUT2D eigenvalue weighted by molar-refractivity contribution is 0.0980.